The zero-order chi connectivity index (χ0) is 14.3. The molecule has 0 aliphatic carbocycles. The van der Waals surface area contributed by atoms with Crippen molar-refractivity contribution in [1.29, 1.82) is 0 Å². The highest BCUT2D eigenvalue weighted by Gasteiger charge is 2.22. The minimum Gasteiger partial charge on any atom is -0.356 e. The molecule has 0 aliphatic heterocycles. The molecule has 0 saturated carbocycles. The van der Waals surface area contributed by atoms with Crippen molar-refractivity contribution in [2.45, 2.75) is 59.5 Å². The van der Waals surface area contributed by atoms with E-state index >= 15 is 0 Å². The van der Waals surface area contributed by atoms with Crippen LogP contribution in [0.5, 0.6) is 0 Å². The third-order valence-electron chi connectivity index (χ3n) is 2.64. The van der Waals surface area contributed by atoms with Crippen molar-refractivity contribution in [2.24, 2.45) is 11.1 Å². The molecule has 0 saturated heterocycles. The molecule has 0 aromatic heterocycles. The van der Waals surface area contributed by atoms with Crippen molar-refractivity contribution in [3.8, 4) is 0 Å². The lowest BCUT2D eigenvalue weighted by atomic mass is 9.85. The maximum atomic E-state index is 11.6. The third-order valence-corrected chi connectivity index (χ3v) is 2.64. The van der Waals surface area contributed by atoms with Crippen LogP contribution < -0.4 is 16.4 Å². The average Bonchev–Trinajstić information content (AvgIpc) is 2.14. The second-order valence-corrected chi connectivity index (χ2v) is 6.00. The van der Waals surface area contributed by atoms with Crippen LogP contribution in [0, 0.1) is 5.41 Å². The summed E-state index contributed by atoms with van der Waals surface area (Å²) in [5.41, 5.74) is 5.82. The van der Waals surface area contributed by atoms with Gasteiger partial charge in [0.2, 0.25) is 11.8 Å². The predicted molar refractivity (Wildman–Crippen MR) is 73.0 cm³/mol. The van der Waals surface area contributed by atoms with Crippen molar-refractivity contribution >= 4 is 11.8 Å². The van der Waals surface area contributed by atoms with Gasteiger partial charge in [-0.05, 0) is 19.3 Å². The van der Waals surface area contributed by atoms with Crippen LogP contribution in [0.3, 0.4) is 0 Å². The lowest BCUT2D eigenvalue weighted by Gasteiger charge is -2.26. The van der Waals surface area contributed by atoms with E-state index in [1.807, 2.05) is 34.6 Å². The van der Waals surface area contributed by atoms with Crippen LogP contribution in [-0.2, 0) is 9.59 Å². The van der Waals surface area contributed by atoms with Crippen molar-refractivity contribution < 1.29 is 9.59 Å². The Kier molecular flexibility index (Phi) is 6.91. The molecule has 0 aliphatic rings. The van der Waals surface area contributed by atoms with E-state index in [2.05, 4.69) is 10.6 Å². The first-order valence-electron chi connectivity index (χ1n) is 6.44. The van der Waals surface area contributed by atoms with E-state index in [-0.39, 0.29) is 35.7 Å². The quantitative estimate of drug-likeness (QED) is 0.657. The molecule has 5 nitrogen and oxygen atoms in total. The van der Waals surface area contributed by atoms with Gasteiger partial charge in [0.1, 0.15) is 0 Å². The van der Waals surface area contributed by atoms with Gasteiger partial charge in [-0.3, -0.25) is 9.59 Å². The van der Waals surface area contributed by atoms with Gasteiger partial charge in [-0.1, -0.05) is 20.8 Å². The van der Waals surface area contributed by atoms with E-state index in [4.69, 9.17) is 5.73 Å². The maximum Gasteiger partial charge on any atom is 0.221 e. The average molecular weight is 257 g/mol. The molecule has 18 heavy (non-hydrogen) atoms. The summed E-state index contributed by atoms with van der Waals surface area (Å²) >= 11 is 0. The van der Waals surface area contributed by atoms with Crippen molar-refractivity contribution in [3.63, 3.8) is 0 Å². The molecule has 4 N–H and O–H groups in total. The fourth-order valence-electron chi connectivity index (χ4n) is 1.29. The van der Waals surface area contributed by atoms with Gasteiger partial charge in [0, 0.05) is 31.5 Å². The topological polar surface area (TPSA) is 84.2 Å². The molecule has 2 amide bonds. The highest BCUT2D eigenvalue weighted by Crippen LogP contribution is 2.19. The molecular weight excluding hydrogens is 230 g/mol. The third kappa shape index (κ3) is 8.06. The number of amides is 2. The van der Waals surface area contributed by atoms with E-state index < -0.39 is 0 Å². The highest BCUT2D eigenvalue weighted by molar-refractivity contribution is 5.79. The van der Waals surface area contributed by atoms with Crippen LogP contribution in [0.4, 0.5) is 0 Å². The molecule has 0 heterocycles. The number of nitrogens with one attached hydrogen (secondary N) is 2. The molecule has 1 unspecified atom stereocenters. The van der Waals surface area contributed by atoms with Crippen LogP contribution in [0.2, 0.25) is 0 Å². The van der Waals surface area contributed by atoms with E-state index in [1.165, 1.54) is 0 Å². The van der Waals surface area contributed by atoms with Crippen LogP contribution in [-0.4, -0.2) is 30.4 Å². The predicted octanol–water partition coefficient (Wildman–Crippen LogP) is 0.781. The van der Waals surface area contributed by atoms with Crippen molar-refractivity contribution in [3.05, 3.63) is 0 Å². The number of carbonyl (C=O) groups excluding carboxylic acids is 2. The Morgan fingerprint density at radius 2 is 1.72 bits per heavy atom. The molecule has 0 bridgehead atoms. The molecule has 0 aromatic carbocycles. The normalized spacial score (nSPS) is 13.3. The van der Waals surface area contributed by atoms with Crippen LogP contribution in [0.15, 0.2) is 0 Å². The van der Waals surface area contributed by atoms with Gasteiger partial charge in [0.05, 0.1) is 0 Å². The Morgan fingerprint density at radius 1 is 1.17 bits per heavy atom. The largest absolute Gasteiger partial charge is 0.356 e. The summed E-state index contributed by atoms with van der Waals surface area (Å²) in [7, 11) is 0. The summed E-state index contributed by atoms with van der Waals surface area (Å²) in [5.74, 6) is -0.153. The Balaban J connectivity index is 3.82. The minimum absolute atomic E-state index is 0.0505. The molecule has 5 heteroatoms. The smallest absolute Gasteiger partial charge is 0.221 e. The lowest BCUT2D eigenvalue weighted by molar-refractivity contribution is -0.123. The van der Waals surface area contributed by atoms with Gasteiger partial charge in [-0.2, -0.15) is 0 Å². The number of hydrogen-bond donors (Lipinski definition) is 3. The van der Waals surface area contributed by atoms with E-state index in [0.29, 0.717) is 13.0 Å². The van der Waals surface area contributed by atoms with Crippen molar-refractivity contribution in [1.82, 2.24) is 10.6 Å². The molecule has 106 valence electrons. The fourth-order valence-corrected chi connectivity index (χ4v) is 1.29. The number of carbonyl (C=O) groups is 2. The second kappa shape index (κ2) is 7.36. The van der Waals surface area contributed by atoms with Gasteiger partial charge in [0.25, 0.3) is 0 Å². The van der Waals surface area contributed by atoms with Crippen LogP contribution >= 0.6 is 0 Å². The SMILES string of the molecule is CC(C)NC(=O)CCNC(=O)CC(N)C(C)(C)C. The number of rotatable bonds is 6. The van der Waals surface area contributed by atoms with Gasteiger partial charge in [-0.15, -0.1) is 0 Å². The van der Waals surface area contributed by atoms with Crippen LogP contribution in [0.25, 0.3) is 0 Å². The molecule has 0 spiro atoms. The summed E-state index contributed by atoms with van der Waals surface area (Å²) in [6.45, 7) is 10.2. The standard InChI is InChI=1S/C13H27N3O2/c1-9(2)16-11(17)6-7-15-12(18)8-10(14)13(3,4)5/h9-10H,6-8,14H2,1-5H3,(H,15,18)(H,16,17). The summed E-state index contributed by atoms with van der Waals surface area (Å²) in [5, 5.41) is 5.48. The molecule has 0 fully saturated rings. The van der Waals surface area contributed by atoms with Crippen LogP contribution in [0.1, 0.15) is 47.5 Å². The van der Waals surface area contributed by atoms with E-state index in [0.717, 1.165) is 0 Å². The molecule has 0 radical (unpaired) electrons. The maximum absolute atomic E-state index is 11.6. The monoisotopic (exact) mass is 257 g/mol. The number of nitrogens with two attached hydrogens (primary N) is 1. The highest BCUT2D eigenvalue weighted by atomic mass is 16.2. The Bertz CT molecular complexity index is 282. The summed E-state index contributed by atoms with van der Waals surface area (Å²) in [6.07, 6.45) is 0.587. The first kappa shape index (κ1) is 16.9. The van der Waals surface area contributed by atoms with E-state index in [9.17, 15) is 9.59 Å². The molecule has 0 rings (SSSR count). The first-order valence-corrected chi connectivity index (χ1v) is 6.44. The zero-order valence-electron chi connectivity index (χ0n) is 12.2. The van der Waals surface area contributed by atoms with E-state index in [1.54, 1.807) is 0 Å². The van der Waals surface area contributed by atoms with Gasteiger partial charge < -0.3 is 16.4 Å². The summed E-state index contributed by atoms with van der Waals surface area (Å²) in [6, 6.07) is -0.0514. The summed E-state index contributed by atoms with van der Waals surface area (Å²) in [4.78, 5) is 22.9. The Labute approximate surface area is 110 Å². The number of hydrogen-bond acceptors (Lipinski definition) is 3. The second-order valence-electron chi connectivity index (χ2n) is 6.00. The van der Waals surface area contributed by atoms with Crippen molar-refractivity contribution in [2.75, 3.05) is 6.54 Å². The molecular formula is C13H27N3O2. The first-order chi connectivity index (χ1) is 8.12. The van der Waals surface area contributed by atoms with Gasteiger partial charge in [0.15, 0.2) is 0 Å². The fraction of sp³-hybridized carbons (Fsp3) is 0.846. The van der Waals surface area contributed by atoms with Gasteiger partial charge in [-0.25, -0.2) is 0 Å². The molecule has 0 aromatic rings. The molecule has 1 atom stereocenters. The lowest BCUT2D eigenvalue weighted by Crippen LogP contribution is -2.41. The van der Waals surface area contributed by atoms with Gasteiger partial charge >= 0.3 is 0 Å². The Morgan fingerprint density at radius 3 is 2.17 bits per heavy atom. The summed E-state index contributed by atoms with van der Waals surface area (Å²) < 4.78 is 0. The zero-order valence-corrected chi connectivity index (χ0v) is 12.2. The minimum atomic E-state index is -0.179. The Hall–Kier alpha value is -1.10.